The minimum absolute atomic E-state index is 0.270. The molecule has 1 aromatic rings. The van der Waals surface area contributed by atoms with E-state index in [9.17, 15) is 4.79 Å². The summed E-state index contributed by atoms with van der Waals surface area (Å²) in [6.07, 6.45) is 7.36. The molecular weight excluding hydrogens is 312 g/mol. The van der Waals surface area contributed by atoms with Crippen LogP contribution in [0, 0.1) is 23.7 Å². The first kappa shape index (κ1) is 13.9. The second kappa shape index (κ2) is 4.76. The number of carbonyl (C=O) groups excluding carboxylic acids is 1. The van der Waals surface area contributed by atoms with E-state index in [0.29, 0.717) is 22.6 Å². The number of carbonyl (C=O) groups is 1. The first-order valence-electron chi connectivity index (χ1n) is 8.52. The Morgan fingerprint density at radius 3 is 2.13 bits per heavy atom. The molecule has 3 nitrogen and oxygen atoms in total. The van der Waals surface area contributed by atoms with Crippen LogP contribution in [-0.2, 0) is 14.3 Å². The van der Waals surface area contributed by atoms with E-state index in [0.717, 1.165) is 43.1 Å². The predicted octanol–water partition coefficient (Wildman–Crippen LogP) is 4.41. The van der Waals surface area contributed by atoms with Crippen molar-refractivity contribution in [2.75, 3.05) is 0 Å². The van der Waals surface area contributed by atoms with Crippen LogP contribution in [0.5, 0.6) is 0 Å². The van der Waals surface area contributed by atoms with Gasteiger partial charge in [-0.15, -0.1) is 0 Å². The molecule has 1 aliphatic heterocycles. The van der Waals surface area contributed by atoms with Crippen molar-refractivity contribution in [1.82, 2.24) is 0 Å². The van der Waals surface area contributed by atoms with Crippen LogP contribution in [0.25, 0.3) is 5.76 Å². The lowest BCUT2D eigenvalue weighted by Crippen LogP contribution is -2.61. The Balaban J connectivity index is 1.52. The third kappa shape index (κ3) is 2.06. The van der Waals surface area contributed by atoms with Gasteiger partial charge < -0.3 is 9.47 Å². The molecule has 0 amide bonds. The topological polar surface area (TPSA) is 35.5 Å². The number of halogens is 1. The Morgan fingerprint density at radius 2 is 1.52 bits per heavy atom. The van der Waals surface area contributed by atoms with E-state index in [1.165, 1.54) is 12.5 Å². The third-order valence-electron chi connectivity index (χ3n) is 6.18. The van der Waals surface area contributed by atoms with E-state index in [-0.39, 0.29) is 5.97 Å². The molecule has 120 valence electrons. The molecule has 0 radical (unpaired) electrons. The van der Waals surface area contributed by atoms with Gasteiger partial charge in [-0.3, -0.25) is 0 Å². The molecule has 4 aliphatic carbocycles. The lowest BCUT2D eigenvalue weighted by molar-refractivity contribution is -0.300. The molecule has 1 aromatic carbocycles. The van der Waals surface area contributed by atoms with Crippen molar-refractivity contribution in [3.8, 4) is 0 Å². The highest BCUT2D eigenvalue weighted by Crippen LogP contribution is 2.61. The van der Waals surface area contributed by atoms with Crippen molar-refractivity contribution in [2.24, 2.45) is 23.7 Å². The zero-order valence-electron chi connectivity index (χ0n) is 12.8. The maximum Gasteiger partial charge on any atom is 0.337 e. The van der Waals surface area contributed by atoms with E-state index in [1.54, 1.807) is 0 Å². The van der Waals surface area contributed by atoms with Gasteiger partial charge in [0.1, 0.15) is 5.76 Å². The number of benzene rings is 1. The molecule has 4 saturated carbocycles. The zero-order chi connectivity index (χ0) is 15.6. The van der Waals surface area contributed by atoms with E-state index >= 15 is 0 Å². The average molecular weight is 331 g/mol. The van der Waals surface area contributed by atoms with Crippen LogP contribution in [0.15, 0.2) is 30.3 Å². The second-order valence-electron chi connectivity index (χ2n) is 7.56. The molecule has 5 aliphatic rings. The monoisotopic (exact) mass is 330 g/mol. The molecular formula is C19H19ClO3. The maximum atomic E-state index is 12.3. The summed E-state index contributed by atoms with van der Waals surface area (Å²) in [5.41, 5.74) is 0.888. The van der Waals surface area contributed by atoms with Crippen molar-refractivity contribution >= 4 is 23.3 Å². The summed E-state index contributed by atoms with van der Waals surface area (Å²) in [5.74, 6) is 1.93. The fraction of sp³-hybridized carbons (Fsp3) is 0.526. The number of esters is 1. The van der Waals surface area contributed by atoms with Gasteiger partial charge in [0.2, 0.25) is 0 Å². The Bertz CT molecular complexity index is 663. The molecule has 0 N–H and O–H groups in total. The number of hydrogen-bond donors (Lipinski definition) is 0. The molecule has 4 heteroatoms. The van der Waals surface area contributed by atoms with Crippen LogP contribution < -0.4 is 0 Å². The van der Waals surface area contributed by atoms with Gasteiger partial charge in [0, 0.05) is 22.4 Å². The maximum absolute atomic E-state index is 12.3. The number of ether oxygens (including phenoxy) is 2. The highest BCUT2D eigenvalue weighted by Gasteiger charge is 2.62. The Morgan fingerprint density at radius 1 is 0.913 bits per heavy atom. The predicted molar refractivity (Wildman–Crippen MR) is 86.4 cm³/mol. The van der Waals surface area contributed by atoms with Crippen LogP contribution in [0.3, 0.4) is 0 Å². The first-order valence-corrected chi connectivity index (χ1v) is 8.90. The second-order valence-corrected chi connectivity index (χ2v) is 8.00. The van der Waals surface area contributed by atoms with E-state index < -0.39 is 5.79 Å². The van der Waals surface area contributed by atoms with Crippen molar-refractivity contribution in [2.45, 2.75) is 37.9 Å². The normalized spacial score (nSPS) is 40.7. The molecule has 6 rings (SSSR count). The Hall–Kier alpha value is -1.48. The smallest absolute Gasteiger partial charge is 0.337 e. The van der Waals surface area contributed by atoms with Gasteiger partial charge in [-0.1, -0.05) is 11.6 Å². The van der Waals surface area contributed by atoms with Gasteiger partial charge in [-0.25, -0.2) is 4.79 Å². The van der Waals surface area contributed by atoms with Gasteiger partial charge in [0.25, 0.3) is 5.79 Å². The van der Waals surface area contributed by atoms with E-state index in [4.69, 9.17) is 21.1 Å². The van der Waals surface area contributed by atoms with E-state index in [1.807, 2.05) is 24.3 Å². The van der Waals surface area contributed by atoms with Gasteiger partial charge in [0.05, 0.1) is 6.08 Å². The van der Waals surface area contributed by atoms with Gasteiger partial charge in [-0.05, 0) is 68.2 Å². The summed E-state index contributed by atoms with van der Waals surface area (Å²) in [6, 6.07) is 7.45. The highest BCUT2D eigenvalue weighted by atomic mass is 35.5. The van der Waals surface area contributed by atoms with Crippen molar-refractivity contribution in [1.29, 1.82) is 0 Å². The van der Waals surface area contributed by atoms with Crippen LogP contribution in [-0.4, -0.2) is 11.8 Å². The Kier molecular flexibility index (Phi) is 2.88. The van der Waals surface area contributed by atoms with Crippen LogP contribution in [0.1, 0.15) is 37.7 Å². The zero-order valence-corrected chi connectivity index (χ0v) is 13.6. The Labute approximate surface area is 140 Å². The summed E-state index contributed by atoms with van der Waals surface area (Å²) in [6.45, 7) is 0. The quantitative estimate of drug-likeness (QED) is 0.716. The minimum Gasteiger partial charge on any atom is -0.451 e. The highest BCUT2D eigenvalue weighted by molar-refractivity contribution is 6.30. The van der Waals surface area contributed by atoms with Crippen molar-refractivity contribution in [3.63, 3.8) is 0 Å². The average Bonchev–Trinajstić information content (AvgIpc) is 2.52. The molecule has 4 fully saturated rings. The molecule has 0 saturated heterocycles. The lowest BCUT2D eigenvalue weighted by Gasteiger charge is -2.59. The fourth-order valence-corrected chi connectivity index (χ4v) is 5.57. The van der Waals surface area contributed by atoms with Gasteiger partial charge in [0.15, 0.2) is 0 Å². The lowest BCUT2D eigenvalue weighted by atomic mass is 9.53. The minimum atomic E-state index is -0.728. The summed E-state index contributed by atoms with van der Waals surface area (Å²) in [5, 5.41) is 0.678. The summed E-state index contributed by atoms with van der Waals surface area (Å²) in [7, 11) is 0. The summed E-state index contributed by atoms with van der Waals surface area (Å²) in [4.78, 5) is 12.3. The van der Waals surface area contributed by atoms with Crippen LogP contribution >= 0.6 is 11.6 Å². The molecule has 1 heterocycles. The van der Waals surface area contributed by atoms with Crippen LogP contribution in [0.2, 0.25) is 5.02 Å². The van der Waals surface area contributed by atoms with Crippen LogP contribution in [0.4, 0.5) is 0 Å². The summed E-state index contributed by atoms with van der Waals surface area (Å²) < 4.78 is 12.3. The third-order valence-corrected chi connectivity index (χ3v) is 6.44. The fourth-order valence-electron chi connectivity index (χ4n) is 5.45. The van der Waals surface area contributed by atoms with E-state index in [2.05, 4.69) is 0 Å². The largest absolute Gasteiger partial charge is 0.451 e. The standard InChI is InChI=1S/C19H19ClO3/c20-16-3-1-13(2-4-16)17-10-18(21)23-19(22-17)14-6-11-5-12(8-14)9-15(19)7-11/h1-4,10-12,14-15H,5-9H2. The van der Waals surface area contributed by atoms with Crippen molar-refractivity contribution in [3.05, 3.63) is 40.9 Å². The van der Waals surface area contributed by atoms with Gasteiger partial charge in [-0.2, -0.15) is 0 Å². The first-order chi connectivity index (χ1) is 11.1. The molecule has 0 aromatic heterocycles. The molecule has 23 heavy (non-hydrogen) atoms. The molecule has 1 spiro atoms. The molecule has 0 atom stereocenters. The molecule has 0 unspecified atom stereocenters. The number of rotatable bonds is 1. The molecule has 4 bridgehead atoms. The SMILES string of the molecule is O=C1C=C(c2ccc(Cl)cc2)OC2(O1)C1CC3CC(C1)CC2C3. The number of hydrogen-bond acceptors (Lipinski definition) is 3. The summed E-state index contributed by atoms with van der Waals surface area (Å²) >= 11 is 5.97. The van der Waals surface area contributed by atoms with Crippen molar-refractivity contribution < 1.29 is 14.3 Å². The van der Waals surface area contributed by atoms with Gasteiger partial charge >= 0.3 is 5.97 Å².